The van der Waals surface area contributed by atoms with Crippen LogP contribution in [0.5, 0.6) is 0 Å². The summed E-state index contributed by atoms with van der Waals surface area (Å²) in [5.41, 5.74) is 1.63. The third kappa shape index (κ3) is 6.88. The summed E-state index contributed by atoms with van der Waals surface area (Å²) < 4.78 is 0. The minimum Gasteiger partial charge on any atom is -0.481 e. The van der Waals surface area contributed by atoms with E-state index in [9.17, 15) is 14.4 Å². The number of nitrogens with zero attached hydrogens (tertiary/aromatic N) is 1. The monoisotopic (exact) mass is 306 g/mol. The van der Waals surface area contributed by atoms with Crippen LogP contribution >= 0.6 is 0 Å². The number of carbonyl (C=O) groups excluding carboxylic acids is 2. The van der Waals surface area contributed by atoms with Gasteiger partial charge in [0, 0.05) is 39.0 Å². The van der Waals surface area contributed by atoms with Gasteiger partial charge in [-0.15, -0.1) is 0 Å². The number of carbonyl (C=O) groups is 3. The molecule has 0 unspecified atom stereocenters. The van der Waals surface area contributed by atoms with Gasteiger partial charge in [0.25, 0.3) is 0 Å². The van der Waals surface area contributed by atoms with Crippen LogP contribution in [0.25, 0.3) is 0 Å². The molecule has 1 aromatic rings. The Balaban J connectivity index is 2.48. The number of carboxylic acids is 1. The fourth-order valence-electron chi connectivity index (χ4n) is 1.90. The van der Waals surface area contributed by atoms with E-state index in [0.29, 0.717) is 24.9 Å². The van der Waals surface area contributed by atoms with Crippen LogP contribution in [0.3, 0.4) is 0 Å². The zero-order valence-corrected chi connectivity index (χ0v) is 13.0. The van der Waals surface area contributed by atoms with E-state index < -0.39 is 5.97 Å². The summed E-state index contributed by atoms with van der Waals surface area (Å²) in [6.07, 6.45) is 1.51. The standard InChI is InChI=1S/C16H22N2O4/c1-18(2)15(20)10-9-12-5-3-6-13(11-12)17-14(19)7-4-8-16(21)22/h3,5-6,11H,4,7-10H2,1-2H3,(H,17,19)(H,21,22). The Kier molecular flexibility index (Phi) is 7.08. The molecule has 0 atom stereocenters. The van der Waals surface area contributed by atoms with Crippen molar-refractivity contribution in [1.82, 2.24) is 4.90 Å². The first-order valence-electron chi connectivity index (χ1n) is 7.19. The molecular formula is C16H22N2O4. The Bertz CT molecular complexity index is 541. The normalized spacial score (nSPS) is 10.1. The van der Waals surface area contributed by atoms with E-state index in [0.717, 1.165) is 5.56 Å². The first kappa shape index (κ1) is 17.7. The van der Waals surface area contributed by atoms with Crippen molar-refractivity contribution in [2.24, 2.45) is 0 Å². The van der Waals surface area contributed by atoms with Crippen LogP contribution in [0, 0.1) is 0 Å². The summed E-state index contributed by atoms with van der Waals surface area (Å²) in [6, 6.07) is 7.33. The predicted octanol–water partition coefficient (Wildman–Crippen LogP) is 1.90. The molecule has 0 spiro atoms. The first-order valence-corrected chi connectivity index (χ1v) is 7.19. The van der Waals surface area contributed by atoms with Gasteiger partial charge in [-0.2, -0.15) is 0 Å². The van der Waals surface area contributed by atoms with E-state index in [1.54, 1.807) is 25.1 Å². The third-order valence-electron chi connectivity index (χ3n) is 3.13. The lowest BCUT2D eigenvalue weighted by molar-refractivity contribution is -0.137. The van der Waals surface area contributed by atoms with Crippen molar-refractivity contribution >= 4 is 23.5 Å². The molecule has 0 saturated carbocycles. The fraction of sp³-hybridized carbons (Fsp3) is 0.438. The van der Waals surface area contributed by atoms with Gasteiger partial charge in [0.2, 0.25) is 11.8 Å². The maximum atomic E-state index is 11.7. The number of amides is 2. The summed E-state index contributed by atoms with van der Waals surface area (Å²) in [7, 11) is 3.44. The quantitative estimate of drug-likeness (QED) is 0.768. The van der Waals surface area contributed by atoms with E-state index in [-0.39, 0.29) is 24.7 Å². The number of carboxylic acid groups (broad SMARTS) is 1. The molecule has 0 aliphatic rings. The van der Waals surface area contributed by atoms with E-state index in [4.69, 9.17) is 5.11 Å². The zero-order chi connectivity index (χ0) is 16.5. The highest BCUT2D eigenvalue weighted by Gasteiger charge is 2.07. The number of anilines is 1. The molecule has 0 aliphatic carbocycles. The molecule has 0 radical (unpaired) electrons. The summed E-state index contributed by atoms with van der Waals surface area (Å²) in [4.78, 5) is 35.2. The molecule has 0 aromatic heterocycles. The second-order valence-corrected chi connectivity index (χ2v) is 5.28. The van der Waals surface area contributed by atoms with Gasteiger partial charge >= 0.3 is 5.97 Å². The molecule has 22 heavy (non-hydrogen) atoms. The van der Waals surface area contributed by atoms with Gasteiger partial charge in [0.15, 0.2) is 0 Å². The Morgan fingerprint density at radius 1 is 1.14 bits per heavy atom. The van der Waals surface area contributed by atoms with Crippen molar-refractivity contribution in [3.63, 3.8) is 0 Å². The summed E-state index contributed by atoms with van der Waals surface area (Å²) in [5, 5.41) is 11.3. The number of benzene rings is 1. The minimum absolute atomic E-state index is 0.0138. The maximum absolute atomic E-state index is 11.7. The van der Waals surface area contributed by atoms with Crippen molar-refractivity contribution in [3.8, 4) is 0 Å². The topological polar surface area (TPSA) is 86.7 Å². The van der Waals surface area contributed by atoms with E-state index in [1.807, 2.05) is 18.2 Å². The number of hydrogen-bond acceptors (Lipinski definition) is 3. The van der Waals surface area contributed by atoms with Crippen molar-refractivity contribution in [2.75, 3.05) is 19.4 Å². The van der Waals surface area contributed by atoms with E-state index in [2.05, 4.69) is 5.32 Å². The molecule has 0 bridgehead atoms. The molecule has 6 heteroatoms. The molecule has 0 saturated heterocycles. The molecule has 0 aliphatic heterocycles. The average Bonchev–Trinajstić information content (AvgIpc) is 2.44. The molecule has 0 fully saturated rings. The van der Waals surface area contributed by atoms with Crippen LogP contribution in [0.15, 0.2) is 24.3 Å². The van der Waals surface area contributed by atoms with Gasteiger partial charge in [0.05, 0.1) is 0 Å². The molecule has 120 valence electrons. The van der Waals surface area contributed by atoms with E-state index in [1.165, 1.54) is 0 Å². The highest BCUT2D eigenvalue weighted by Crippen LogP contribution is 2.13. The van der Waals surface area contributed by atoms with Crippen LogP contribution in [0.2, 0.25) is 0 Å². The Morgan fingerprint density at radius 3 is 2.50 bits per heavy atom. The fourth-order valence-corrected chi connectivity index (χ4v) is 1.90. The number of aliphatic carboxylic acids is 1. The number of hydrogen-bond donors (Lipinski definition) is 2. The van der Waals surface area contributed by atoms with Crippen molar-refractivity contribution < 1.29 is 19.5 Å². The first-order chi connectivity index (χ1) is 10.4. The van der Waals surface area contributed by atoms with Gasteiger partial charge < -0.3 is 15.3 Å². The Hall–Kier alpha value is -2.37. The maximum Gasteiger partial charge on any atom is 0.303 e. The largest absolute Gasteiger partial charge is 0.481 e. The number of rotatable bonds is 8. The molecule has 2 amide bonds. The zero-order valence-electron chi connectivity index (χ0n) is 13.0. The SMILES string of the molecule is CN(C)C(=O)CCc1cccc(NC(=O)CCCC(=O)O)c1. The minimum atomic E-state index is -0.902. The lowest BCUT2D eigenvalue weighted by Gasteiger charge is -2.10. The highest BCUT2D eigenvalue weighted by molar-refractivity contribution is 5.91. The van der Waals surface area contributed by atoms with Crippen LogP contribution in [-0.4, -0.2) is 41.9 Å². The average molecular weight is 306 g/mol. The molecular weight excluding hydrogens is 284 g/mol. The van der Waals surface area contributed by atoms with Gasteiger partial charge in [0.1, 0.15) is 0 Å². The Morgan fingerprint density at radius 2 is 1.86 bits per heavy atom. The van der Waals surface area contributed by atoms with Crippen LogP contribution in [0.4, 0.5) is 5.69 Å². The summed E-state index contributed by atoms with van der Waals surface area (Å²) in [6.45, 7) is 0. The molecule has 1 aromatic carbocycles. The highest BCUT2D eigenvalue weighted by atomic mass is 16.4. The van der Waals surface area contributed by atoms with Gasteiger partial charge in [-0.3, -0.25) is 14.4 Å². The molecule has 2 N–H and O–H groups in total. The summed E-state index contributed by atoms with van der Waals surface area (Å²) in [5.74, 6) is -1.05. The third-order valence-corrected chi connectivity index (χ3v) is 3.13. The summed E-state index contributed by atoms with van der Waals surface area (Å²) >= 11 is 0. The molecule has 0 heterocycles. The van der Waals surface area contributed by atoms with Gasteiger partial charge in [-0.25, -0.2) is 0 Å². The van der Waals surface area contributed by atoms with Gasteiger partial charge in [-0.05, 0) is 30.5 Å². The van der Waals surface area contributed by atoms with Crippen LogP contribution < -0.4 is 5.32 Å². The predicted molar refractivity (Wildman–Crippen MR) is 83.6 cm³/mol. The van der Waals surface area contributed by atoms with E-state index >= 15 is 0 Å². The Labute approximate surface area is 130 Å². The van der Waals surface area contributed by atoms with Crippen LogP contribution in [-0.2, 0) is 20.8 Å². The lowest BCUT2D eigenvalue weighted by Crippen LogP contribution is -2.21. The van der Waals surface area contributed by atoms with Gasteiger partial charge in [-0.1, -0.05) is 12.1 Å². The molecule has 6 nitrogen and oxygen atoms in total. The smallest absolute Gasteiger partial charge is 0.303 e. The second-order valence-electron chi connectivity index (χ2n) is 5.28. The van der Waals surface area contributed by atoms with Crippen LogP contribution in [0.1, 0.15) is 31.2 Å². The lowest BCUT2D eigenvalue weighted by atomic mass is 10.1. The van der Waals surface area contributed by atoms with Crippen molar-refractivity contribution in [1.29, 1.82) is 0 Å². The van der Waals surface area contributed by atoms with Crippen molar-refractivity contribution in [3.05, 3.63) is 29.8 Å². The molecule has 1 rings (SSSR count). The number of aryl methyl sites for hydroxylation is 1. The number of nitrogens with one attached hydrogen (secondary N) is 1. The van der Waals surface area contributed by atoms with Crippen molar-refractivity contribution in [2.45, 2.75) is 32.1 Å². The second kappa shape index (κ2) is 8.81.